The molecule has 1 aromatic rings. The number of rotatable bonds is 4. The van der Waals surface area contributed by atoms with Gasteiger partial charge in [0.2, 0.25) is 0 Å². The zero-order valence-electron chi connectivity index (χ0n) is 12.5. The predicted octanol–water partition coefficient (Wildman–Crippen LogP) is 2.04. The standard InChI is InChI=1S/C16H25N3O/c1-3-19-6-4-13(5-7-19)11-18-16(20)14-8-12(2)9-15(17)10-14/h8-10,13H,3-7,11,17H2,1-2H3,(H,18,20). The van der Waals surface area contributed by atoms with Crippen molar-refractivity contribution < 1.29 is 4.79 Å². The number of nitrogen functional groups attached to an aromatic ring is 1. The number of anilines is 1. The molecule has 1 amide bonds. The molecular weight excluding hydrogens is 250 g/mol. The van der Waals surface area contributed by atoms with Gasteiger partial charge in [-0.3, -0.25) is 4.79 Å². The molecule has 110 valence electrons. The largest absolute Gasteiger partial charge is 0.399 e. The van der Waals surface area contributed by atoms with Crippen LogP contribution in [0.3, 0.4) is 0 Å². The number of benzene rings is 1. The van der Waals surface area contributed by atoms with E-state index in [2.05, 4.69) is 17.1 Å². The van der Waals surface area contributed by atoms with E-state index in [9.17, 15) is 4.79 Å². The fourth-order valence-electron chi connectivity index (χ4n) is 2.79. The SMILES string of the molecule is CCN1CCC(CNC(=O)c2cc(C)cc(N)c2)CC1. The highest BCUT2D eigenvalue weighted by Gasteiger charge is 2.18. The smallest absolute Gasteiger partial charge is 0.251 e. The Kier molecular flexibility index (Phi) is 5.01. The summed E-state index contributed by atoms with van der Waals surface area (Å²) < 4.78 is 0. The van der Waals surface area contributed by atoms with Crippen molar-refractivity contribution in [2.24, 2.45) is 5.92 Å². The maximum atomic E-state index is 12.1. The normalized spacial score (nSPS) is 17.1. The van der Waals surface area contributed by atoms with E-state index < -0.39 is 0 Å². The van der Waals surface area contributed by atoms with E-state index in [0.717, 1.165) is 31.7 Å². The molecular formula is C16H25N3O. The molecule has 0 saturated carbocycles. The summed E-state index contributed by atoms with van der Waals surface area (Å²) in [5, 5.41) is 3.04. The number of piperidine rings is 1. The van der Waals surface area contributed by atoms with Gasteiger partial charge in [0.1, 0.15) is 0 Å². The van der Waals surface area contributed by atoms with Crippen LogP contribution in [0.5, 0.6) is 0 Å². The van der Waals surface area contributed by atoms with Crippen LogP contribution >= 0.6 is 0 Å². The summed E-state index contributed by atoms with van der Waals surface area (Å²) in [7, 11) is 0. The highest BCUT2D eigenvalue weighted by atomic mass is 16.1. The second-order valence-electron chi connectivity index (χ2n) is 5.72. The summed E-state index contributed by atoms with van der Waals surface area (Å²) in [6, 6.07) is 5.49. The number of aryl methyl sites for hydroxylation is 1. The third kappa shape index (κ3) is 3.97. The fourth-order valence-corrected chi connectivity index (χ4v) is 2.79. The number of carbonyl (C=O) groups is 1. The van der Waals surface area contributed by atoms with Crippen LogP contribution in [0.1, 0.15) is 35.7 Å². The van der Waals surface area contributed by atoms with E-state index >= 15 is 0 Å². The Morgan fingerprint density at radius 2 is 2.05 bits per heavy atom. The third-order valence-corrected chi connectivity index (χ3v) is 4.07. The molecule has 1 aromatic carbocycles. The van der Waals surface area contributed by atoms with E-state index in [1.165, 1.54) is 12.8 Å². The Labute approximate surface area is 121 Å². The van der Waals surface area contributed by atoms with Gasteiger partial charge in [-0.2, -0.15) is 0 Å². The number of carbonyl (C=O) groups excluding carboxylic acids is 1. The lowest BCUT2D eigenvalue weighted by Gasteiger charge is -2.31. The average molecular weight is 275 g/mol. The number of amides is 1. The second kappa shape index (κ2) is 6.75. The van der Waals surface area contributed by atoms with E-state index in [1.807, 2.05) is 19.1 Å². The first kappa shape index (κ1) is 14.9. The first-order valence-corrected chi connectivity index (χ1v) is 7.46. The summed E-state index contributed by atoms with van der Waals surface area (Å²) in [4.78, 5) is 14.6. The lowest BCUT2D eigenvalue weighted by atomic mass is 9.96. The third-order valence-electron chi connectivity index (χ3n) is 4.07. The van der Waals surface area contributed by atoms with Gasteiger partial charge >= 0.3 is 0 Å². The quantitative estimate of drug-likeness (QED) is 0.827. The number of likely N-dealkylation sites (tertiary alicyclic amines) is 1. The van der Waals surface area contributed by atoms with Crippen LogP contribution in [-0.2, 0) is 0 Å². The molecule has 0 aromatic heterocycles. The zero-order valence-corrected chi connectivity index (χ0v) is 12.5. The molecule has 0 aliphatic carbocycles. The summed E-state index contributed by atoms with van der Waals surface area (Å²) in [5.74, 6) is 0.585. The fraction of sp³-hybridized carbons (Fsp3) is 0.562. The van der Waals surface area contributed by atoms with Crippen LogP contribution in [-0.4, -0.2) is 37.0 Å². The molecule has 0 bridgehead atoms. The van der Waals surface area contributed by atoms with Crippen molar-refractivity contribution in [3.8, 4) is 0 Å². The highest BCUT2D eigenvalue weighted by Crippen LogP contribution is 2.16. The minimum Gasteiger partial charge on any atom is -0.399 e. The van der Waals surface area contributed by atoms with Gasteiger partial charge in [0.05, 0.1) is 0 Å². The predicted molar refractivity (Wildman–Crippen MR) is 82.8 cm³/mol. The highest BCUT2D eigenvalue weighted by molar-refractivity contribution is 5.95. The summed E-state index contributed by atoms with van der Waals surface area (Å²) in [6.07, 6.45) is 2.34. The Morgan fingerprint density at radius 1 is 1.35 bits per heavy atom. The second-order valence-corrected chi connectivity index (χ2v) is 5.72. The molecule has 1 aliphatic heterocycles. The van der Waals surface area contributed by atoms with Gasteiger partial charge in [0.25, 0.3) is 5.91 Å². The van der Waals surface area contributed by atoms with E-state index in [4.69, 9.17) is 5.73 Å². The van der Waals surface area contributed by atoms with Gasteiger partial charge in [-0.25, -0.2) is 0 Å². The molecule has 1 saturated heterocycles. The maximum absolute atomic E-state index is 12.1. The van der Waals surface area contributed by atoms with Crippen LogP contribution in [0.15, 0.2) is 18.2 Å². The molecule has 0 radical (unpaired) electrons. The lowest BCUT2D eigenvalue weighted by molar-refractivity contribution is 0.0937. The van der Waals surface area contributed by atoms with Gasteiger partial charge < -0.3 is 16.0 Å². The summed E-state index contributed by atoms with van der Waals surface area (Å²) >= 11 is 0. The van der Waals surface area contributed by atoms with Gasteiger partial charge in [0.15, 0.2) is 0 Å². The van der Waals surface area contributed by atoms with Crippen molar-refractivity contribution in [2.75, 3.05) is 31.9 Å². The Bertz CT molecular complexity index is 445. The molecule has 4 heteroatoms. The van der Waals surface area contributed by atoms with Crippen LogP contribution < -0.4 is 11.1 Å². The molecule has 0 spiro atoms. The van der Waals surface area contributed by atoms with Crippen LogP contribution in [0, 0.1) is 12.8 Å². The lowest BCUT2D eigenvalue weighted by Crippen LogP contribution is -2.38. The van der Waals surface area contributed by atoms with Gasteiger partial charge in [-0.1, -0.05) is 6.92 Å². The number of hydrogen-bond acceptors (Lipinski definition) is 3. The van der Waals surface area contributed by atoms with Crippen LogP contribution in [0.4, 0.5) is 5.69 Å². The topological polar surface area (TPSA) is 58.4 Å². The molecule has 1 fully saturated rings. The van der Waals surface area contributed by atoms with Crippen molar-refractivity contribution in [3.05, 3.63) is 29.3 Å². The average Bonchev–Trinajstić information content (AvgIpc) is 2.44. The Hall–Kier alpha value is -1.55. The summed E-state index contributed by atoms with van der Waals surface area (Å²) in [5.41, 5.74) is 8.11. The molecule has 1 heterocycles. The molecule has 4 nitrogen and oxygen atoms in total. The van der Waals surface area contributed by atoms with Crippen molar-refractivity contribution in [1.82, 2.24) is 10.2 Å². The van der Waals surface area contributed by atoms with Gasteiger partial charge in [0, 0.05) is 17.8 Å². The molecule has 0 atom stereocenters. The summed E-state index contributed by atoms with van der Waals surface area (Å²) in [6.45, 7) is 8.34. The first-order chi connectivity index (χ1) is 9.58. The zero-order chi connectivity index (χ0) is 14.5. The monoisotopic (exact) mass is 275 g/mol. The minimum atomic E-state index is -0.0154. The first-order valence-electron chi connectivity index (χ1n) is 7.46. The molecule has 3 N–H and O–H groups in total. The van der Waals surface area contributed by atoms with Crippen molar-refractivity contribution >= 4 is 11.6 Å². The van der Waals surface area contributed by atoms with E-state index in [0.29, 0.717) is 17.2 Å². The molecule has 20 heavy (non-hydrogen) atoms. The Balaban J connectivity index is 1.83. The van der Waals surface area contributed by atoms with Crippen molar-refractivity contribution in [1.29, 1.82) is 0 Å². The number of nitrogens with zero attached hydrogens (tertiary/aromatic N) is 1. The van der Waals surface area contributed by atoms with Crippen LogP contribution in [0.25, 0.3) is 0 Å². The molecule has 0 unspecified atom stereocenters. The van der Waals surface area contributed by atoms with Crippen molar-refractivity contribution in [2.45, 2.75) is 26.7 Å². The molecule has 2 rings (SSSR count). The minimum absolute atomic E-state index is 0.0154. The number of nitrogens with one attached hydrogen (secondary N) is 1. The van der Waals surface area contributed by atoms with Crippen LogP contribution in [0.2, 0.25) is 0 Å². The van der Waals surface area contributed by atoms with Gasteiger partial charge in [-0.15, -0.1) is 0 Å². The van der Waals surface area contributed by atoms with Gasteiger partial charge in [-0.05, 0) is 69.1 Å². The van der Waals surface area contributed by atoms with Crippen molar-refractivity contribution in [3.63, 3.8) is 0 Å². The molecule has 1 aliphatic rings. The number of nitrogens with two attached hydrogens (primary N) is 1. The number of hydrogen-bond donors (Lipinski definition) is 2. The van der Waals surface area contributed by atoms with E-state index in [1.54, 1.807) is 6.07 Å². The van der Waals surface area contributed by atoms with E-state index in [-0.39, 0.29) is 5.91 Å². The maximum Gasteiger partial charge on any atom is 0.251 e. The Morgan fingerprint density at radius 3 is 2.65 bits per heavy atom.